The van der Waals surface area contributed by atoms with Crippen LogP contribution in [0, 0.1) is 0 Å². The lowest BCUT2D eigenvalue weighted by Crippen LogP contribution is -2.42. The van der Waals surface area contributed by atoms with E-state index in [0.29, 0.717) is 12.0 Å². The smallest absolute Gasteiger partial charge is 0.246 e. The molecule has 1 atom stereocenters. The highest BCUT2D eigenvalue weighted by Gasteiger charge is 2.28. The van der Waals surface area contributed by atoms with Crippen molar-refractivity contribution in [1.82, 2.24) is 19.8 Å². The third-order valence-electron chi connectivity index (χ3n) is 4.50. The molecule has 2 rings (SSSR count). The van der Waals surface area contributed by atoms with Gasteiger partial charge in [0.15, 0.2) is 0 Å². The molecular weight excluding hydrogens is 302 g/mol. The molecule has 0 spiro atoms. The van der Waals surface area contributed by atoms with E-state index in [-0.39, 0.29) is 5.91 Å². The molecule has 0 radical (unpaired) electrons. The maximum absolute atomic E-state index is 12.5. The normalized spacial score (nSPS) is 17.9. The van der Waals surface area contributed by atoms with Gasteiger partial charge in [-0.05, 0) is 32.0 Å². The van der Waals surface area contributed by atoms with Crippen LogP contribution < -0.4 is 4.90 Å². The van der Waals surface area contributed by atoms with Crippen LogP contribution in [0.25, 0.3) is 6.08 Å². The molecule has 1 saturated heterocycles. The summed E-state index contributed by atoms with van der Waals surface area (Å²) in [5.41, 5.74) is 0.841. The number of aromatic nitrogens is 2. The van der Waals surface area contributed by atoms with Gasteiger partial charge in [0.2, 0.25) is 11.9 Å². The van der Waals surface area contributed by atoms with Crippen molar-refractivity contribution in [2.24, 2.45) is 0 Å². The van der Waals surface area contributed by atoms with Gasteiger partial charge in [0, 0.05) is 57.3 Å². The largest absolute Gasteiger partial charge is 0.347 e. The molecule has 1 aliphatic heterocycles. The van der Waals surface area contributed by atoms with Crippen molar-refractivity contribution < 1.29 is 4.79 Å². The number of amides is 1. The van der Waals surface area contributed by atoms with E-state index >= 15 is 0 Å². The summed E-state index contributed by atoms with van der Waals surface area (Å²) in [5, 5.41) is 0. The molecule has 132 valence electrons. The van der Waals surface area contributed by atoms with E-state index in [1.165, 1.54) is 0 Å². The van der Waals surface area contributed by atoms with Gasteiger partial charge in [-0.2, -0.15) is 0 Å². The zero-order valence-electron chi connectivity index (χ0n) is 15.3. The molecule has 0 aromatic carbocycles. The number of carbonyl (C=O) groups excluding carboxylic acids is 1. The predicted octanol–water partition coefficient (Wildman–Crippen LogP) is 1.89. The van der Waals surface area contributed by atoms with E-state index in [1.54, 1.807) is 24.5 Å². The summed E-state index contributed by atoms with van der Waals surface area (Å²) in [6.07, 6.45) is 9.11. The number of nitrogens with zero attached hydrogens (tertiary/aromatic N) is 5. The van der Waals surface area contributed by atoms with Crippen LogP contribution in [0.4, 0.5) is 5.95 Å². The van der Waals surface area contributed by atoms with E-state index in [0.717, 1.165) is 44.6 Å². The summed E-state index contributed by atoms with van der Waals surface area (Å²) >= 11 is 0. The highest BCUT2D eigenvalue weighted by molar-refractivity contribution is 5.92. The van der Waals surface area contributed by atoms with Crippen molar-refractivity contribution in [1.29, 1.82) is 0 Å². The van der Waals surface area contributed by atoms with E-state index < -0.39 is 0 Å². The lowest BCUT2D eigenvalue weighted by atomic mass is 10.2. The summed E-state index contributed by atoms with van der Waals surface area (Å²) in [4.78, 5) is 27.3. The number of hydrogen-bond acceptors (Lipinski definition) is 5. The van der Waals surface area contributed by atoms with Crippen molar-refractivity contribution in [2.45, 2.75) is 32.7 Å². The van der Waals surface area contributed by atoms with Crippen LogP contribution in [0.5, 0.6) is 0 Å². The number of carbonyl (C=O) groups is 1. The molecule has 0 bridgehead atoms. The third kappa shape index (κ3) is 4.77. The van der Waals surface area contributed by atoms with Crippen molar-refractivity contribution in [3.63, 3.8) is 0 Å². The van der Waals surface area contributed by atoms with Gasteiger partial charge in [-0.15, -0.1) is 0 Å². The van der Waals surface area contributed by atoms with Crippen LogP contribution >= 0.6 is 0 Å². The molecule has 0 saturated carbocycles. The standard InChI is InChI=1S/C18H29N5O/c1-5-22(6-2)14-16-8-7-11-23(16)17(24)10-9-15-12-19-18(20-13-15)21(3)4/h9-10,12-13,16H,5-8,11,14H2,1-4H3/b10-9+. The summed E-state index contributed by atoms with van der Waals surface area (Å²) < 4.78 is 0. The van der Waals surface area contributed by atoms with Crippen molar-refractivity contribution in [3.05, 3.63) is 24.0 Å². The Morgan fingerprint density at radius 3 is 2.54 bits per heavy atom. The van der Waals surface area contributed by atoms with Crippen LogP contribution in [0.15, 0.2) is 18.5 Å². The summed E-state index contributed by atoms with van der Waals surface area (Å²) in [6.45, 7) is 8.21. The Kier molecular flexibility index (Phi) is 6.73. The minimum atomic E-state index is 0.0846. The minimum Gasteiger partial charge on any atom is -0.347 e. The Hall–Kier alpha value is -1.95. The minimum absolute atomic E-state index is 0.0846. The first kappa shape index (κ1) is 18.4. The molecule has 0 aliphatic carbocycles. The number of anilines is 1. The average molecular weight is 331 g/mol. The van der Waals surface area contributed by atoms with Crippen LogP contribution in [-0.2, 0) is 4.79 Å². The van der Waals surface area contributed by atoms with E-state index in [1.807, 2.05) is 23.9 Å². The summed E-state index contributed by atoms with van der Waals surface area (Å²) in [7, 11) is 3.80. The van der Waals surface area contributed by atoms with E-state index in [4.69, 9.17) is 0 Å². The molecule has 1 amide bonds. The molecule has 6 nitrogen and oxygen atoms in total. The Labute approximate surface area is 145 Å². The SMILES string of the molecule is CCN(CC)CC1CCCN1C(=O)/C=C/c1cnc(N(C)C)nc1. The second-order valence-corrected chi connectivity index (χ2v) is 6.36. The molecule has 0 N–H and O–H groups in total. The first-order chi connectivity index (χ1) is 11.5. The summed E-state index contributed by atoms with van der Waals surface area (Å²) in [5.74, 6) is 0.749. The lowest BCUT2D eigenvalue weighted by molar-refractivity contribution is -0.127. The van der Waals surface area contributed by atoms with Crippen molar-refractivity contribution >= 4 is 17.9 Å². The molecule has 6 heteroatoms. The second-order valence-electron chi connectivity index (χ2n) is 6.36. The maximum atomic E-state index is 12.5. The Bertz CT molecular complexity index is 551. The van der Waals surface area contributed by atoms with Crippen molar-refractivity contribution in [2.75, 3.05) is 45.2 Å². The quantitative estimate of drug-likeness (QED) is 0.714. The molecular formula is C18H29N5O. The van der Waals surface area contributed by atoms with Crippen LogP contribution in [0.2, 0.25) is 0 Å². The van der Waals surface area contributed by atoms with Gasteiger partial charge in [0.25, 0.3) is 0 Å². The molecule has 24 heavy (non-hydrogen) atoms. The lowest BCUT2D eigenvalue weighted by Gasteiger charge is -2.29. The predicted molar refractivity (Wildman–Crippen MR) is 97.9 cm³/mol. The van der Waals surface area contributed by atoms with Crippen LogP contribution in [0.1, 0.15) is 32.3 Å². The van der Waals surface area contributed by atoms with E-state index in [2.05, 4.69) is 28.7 Å². The first-order valence-electron chi connectivity index (χ1n) is 8.75. The van der Waals surface area contributed by atoms with Crippen molar-refractivity contribution in [3.8, 4) is 0 Å². The van der Waals surface area contributed by atoms with E-state index in [9.17, 15) is 4.79 Å². The zero-order valence-corrected chi connectivity index (χ0v) is 15.3. The van der Waals surface area contributed by atoms with Gasteiger partial charge in [0.05, 0.1) is 0 Å². The summed E-state index contributed by atoms with van der Waals surface area (Å²) in [6, 6.07) is 0.328. The Morgan fingerprint density at radius 1 is 1.29 bits per heavy atom. The third-order valence-corrected chi connectivity index (χ3v) is 4.50. The van der Waals surface area contributed by atoms with Gasteiger partial charge in [-0.1, -0.05) is 13.8 Å². The zero-order chi connectivity index (χ0) is 17.5. The number of likely N-dealkylation sites (N-methyl/N-ethyl adjacent to an activating group) is 1. The number of likely N-dealkylation sites (tertiary alicyclic amines) is 1. The fraction of sp³-hybridized carbons (Fsp3) is 0.611. The fourth-order valence-electron chi connectivity index (χ4n) is 3.01. The van der Waals surface area contributed by atoms with Gasteiger partial charge in [-0.25, -0.2) is 9.97 Å². The maximum Gasteiger partial charge on any atom is 0.246 e. The molecule has 1 aromatic rings. The Balaban J connectivity index is 1.97. The molecule has 2 heterocycles. The molecule has 1 aromatic heterocycles. The second kappa shape index (κ2) is 8.78. The molecule has 1 unspecified atom stereocenters. The molecule has 1 fully saturated rings. The van der Waals surface area contributed by atoms with Gasteiger partial charge >= 0.3 is 0 Å². The van der Waals surface area contributed by atoms with Gasteiger partial charge in [-0.3, -0.25) is 4.79 Å². The van der Waals surface area contributed by atoms with Gasteiger partial charge < -0.3 is 14.7 Å². The first-order valence-corrected chi connectivity index (χ1v) is 8.75. The number of rotatable bonds is 7. The highest BCUT2D eigenvalue weighted by Crippen LogP contribution is 2.19. The highest BCUT2D eigenvalue weighted by atomic mass is 16.2. The Morgan fingerprint density at radius 2 is 1.96 bits per heavy atom. The average Bonchev–Trinajstić information content (AvgIpc) is 3.06. The monoisotopic (exact) mass is 331 g/mol. The fourth-order valence-corrected chi connectivity index (χ4v) is 3.01. The molecule has 1 aliphatic rings. The number of hydrogen-bond donors (Lipinski definition) is 0. The van der Waals surface area contributed by atoms with Crippen LogP contribution in [0.3, 0.4) is 0 Å². The van der Waals surface area contributed by atoms with Crippen LogP contribution in [-0.4, -0.2) is 72.0 Å². The van der Waals surface area contributed by atoms with Gasteiger partial charge in [0.1, 0.15) is 0 Å². The topological polar surface area (TPSA) is 52.6 Å².